The highest BCUT2D eigenvalue weighted by atomic mass is 35.5. The van der Waals surface area contributed by atoms with Gasteiger partial charge in [-0.25, -0.2) is 0 Å². The number of nitrogens with zero attached hydrogens (tertiary/aromatic N) is 1. The van der Waals surface area contributed by atoms with E-state index in [1.54, 1.807) is 24.4 Å². The van der Waals surface area contributed by atoms with Crippen LogP contribution >= 0.6 is 11.6 Å². The quantitative estimate of drug-likeness (QED) is 0.719. The predicted molar refractivity (Wildman–Crippen MR) is 106 cm³/mol. The number of aromatic hydroxyl groups is 1. The van der Waals surface area contributed by atoms with E-state index in [-0.39, 0.29) is 18.0 Å². The largest absolute Gasteiger partial charge is 0.508 e. The highest BCUT2D eigenvalue weighted by Gasteiger charge is 2.10. The molecule has 1 aliphatic rings. The zero-order valence-electron chi connectivity index (χ0n) is 14.4. The predicted octanol–water partition coefficient (Wildman–Crippen LogP) is 3.93. The van der Waals surface area contributed by atoms with E-state index >= 15 is 0 Å². The van der Waals surface area contributed by atoms with Crippen LogP contribution in [0.2, 0.25) is 5.02 Å². The number of allylic oxidation sites excluding steroid dienone is 1. The molecule has 132 valence electrons. The van der Waals surface area contributed by atoms with Crippen molar-refractivity contribution in [3.05, 3.63) is 76.5 Å². The highest BCUT2D eigenvalue weighted by Crippen LogP contribution is 2.26. The van der Waals surface area contributed by atoms with E-state index in [4.69, 9.17) is 11.6 Å². The van der Waals surface area contributed by atoms with E-state index in [0.717, 1.165) is 16.7 Å². The van der Waals surface area contributed by atoms with Crippen molar-refractivity contribution in [2.24, 2.45) is 4.99 Å². The van der Waals surface area contributed by atoms with Crippen LogP contribution in [0.15, 0.2) is 59.7 Å². The molecule has 2 unspecified atom stereocenters. The van der Waals surface area contributed by atoms with Gasteiger partial charge in [0, 0.05) is 28.4 Å². The summed E-state index contributed by atoms with van der Waals surface area (Å²) in [6.07, 6.45) is 5.51. The van der Waals surface area contributed by atoms with Crippen LogP contribution in [0.25, 0.3) is 0 Å². The molecule has 3 N–H and O–H groups in total. The number of rotatable bonds is 4. The summed E-state index contributed by atoms with van der Waals surface area (Å²) in [5, 5.41) is 17.0. The SMILES string of the molecule is CC(NCC#Cc1ccc(C2N=CC=CN2)cc1)c1cc(Cl)ccc1O. The van der Waals surface area contributed by atoms with E-state index in [9.17, 15) is 5.11 Å². The standard InChI is InChI=1S/C21H20ClN3O/c1-15(19-14-18(22)9-10-20(19)26)23-11-2-4-16-5-7-17(8-6-16)21-24-12-3-13-25-21/h3,5-10,12-15,21,23-24,26H,11H2,1H3. The molecule has 0 aromatic heterocycles. The second kappa shape index (κ2) is 8.57. The van der Waals surface area contributed by atoms with Crippen molar-refractivity contribution in [3.63, 3.8) is 0 Å². The van der Waals surface area contributed by atoms with Gasteiger partial charge in [0.25, 0.3) is 0 Å². The lowest BCUT2D eigenvalue weighted by Crippen LogP contribution is -2.18. The van der Waals surface area contributed by atoms with Crippen molar-refractivity contribution < 1.29 is 5.11 Å². The van der Waals surface area contributed by atoms with Crippen LogP contribution in [-0.2, 0) is 0 Å². The average Bonchev–Trinajstić information content (AvgIpc) is 2.68. The number of hydrogen-bond donors (Lipinski definition) is 3. The Kier molecular flexibility index (Phi) is 5.96. The molecule has 1 heterocycles. The van der Waals surface area contributed by atoms with Crippen molar-refractivity contribution in [2.45, 2.75) is 19.1 Å². The third-order valence-corrected chi connectivity index (χ3v) is 4.32. The molecule has 2 atom stereocenters. The molecule has 2 aromatic rings. The minimum Gasteiger partial charge on any atom is -0.508 e. The Morgan fingerprint density at radius 2 is 2.08 bits per heavy atom. The maximum Gasteiger partial charge on any atom is 0.144 e. The molecule has 5 heteroatoms. The fourth-order valence-corrected chi connectivity index (χ4v) is 2.81. The fourth-order valence-electron chi connectivity index (χ4n) is 2.63. The number of halogens is 1. The summed E-state index contributed by atoms with van der Waals surface area (Å²) in [5.41, 5.74) is 2.81. The second-order valence-electron chi connectivity index (χ2n) is 5.96. The van der Waals surface area contributed by atoms with E-state index in [0.29, 0.717) is 11.6 Å². The van der Waals surface area contributed by atoms with Gasteiger partial charge in [-0.15, -0.1) is 0 Å². The van der Waals surface area contributed by atoms with Crippen molar-refractivity contribution >= 4 is 17.8 Å². The third kappa shape index (κ3) is 4.66. The molecule has 0 bridgehead atoms. The van der Waals surface area contributed by atoms with Crippen molar-refractivity contribution in [1.82, 2.24) is 10.6 Å². The van der Waals surface area contributed by atoms with Gasteiger partial charge in [0.05, 0.1) is 6.54 Å². The van der Waals surface area contributed by atoms with Gasteiger partial charge in [-0.2, -0.15) is 0 Å². The molecule has 0 fully saturated rings. The summed E-state index contributed by atoms with van der Waals surface area (Å²) in [6.45, 7) is 2.47. The van der Waals surface area contributed by atoms with Crippen molar-refractivity contribution in [3.8, 4) is 17.6 Å². The molecule has 0 amide bonds. The van der Waals surface area contributed by atoms with Gasteiger partial charge in [-0.1, -0.05) is 35.6 Å². The average molecular weight is 366 g/mol. The van der Waals surface area contributed by atoms with Crippen LogP contribution in [0.1, 0.15) is 35.8 Å². The lowest BCUT2D eigenvalue weighted by molar-refractivity contribution is 0.456. The Morgan fingerprint density at radius 1 is 1.27 bits per heavy atom. The van der Waals surface area contributed by atoms with Gasteiger partial charge in [0.15, 0.2) is 0 Å². The lowest BCUT2D eigenvalue weighted by atomic mass is 10.1. The number of benzene rings is 2. The first-order chi connectivity index (χ1) is 12.6. The summed E-state index contributed by atoms with van der Waals surface area (Å²) in [7, 11) is 0. The van der Waals surface area contributed by atoms with Crippen LogP contribution in [0.3, 0.4) is 0 Å². The monoisotopic (exact) mass is 365 g/mol. The Labute approximate surface area is 158 Å². The Bertz CT molecular complexity index is 878. The molecular formula is C21H20ClN3O. The molecule has 0 saturated carbocycles. The number of nitrogens with one attached hydrogen (secondary N) is 2. The minimum absolute atomic E-state index is 0.0325. The molecule has 0 saturated heterocycles. The lowest BCUT2D eigenvalue weighted by Gasteiger charge is -2.15. The topological polar surface area (TPSA) is 56.7 Å². The number of aliphatic imine (C=N–C) groups is 1. The smallest absolute Gasteiger partial charge is 0.144 e. The van der Waals surface area contributed by atoms with Gasteiger partial charge in [0.2, 0.25) is 0 Å². The molecule has 3 rings (SSSR count). The highest BCUT2D eigenvalue weighted by molar-refractivity contribution is 6.30. The van der Waals surface area contributed by atoms with E-state index in [1.165, 1.54) is 0 Å². The molecule has 4 nitrogen and oxygen atoms in total. The maximum absolute atomic E-state index is 9.92. The molecule has 0 radical (unpaired) electrons. The molecule has 1 aliphatic heterocycles. The van der Waals surface area contributed by atoms with E-state index in [2.05, 4.69) is 27.5 Å². The summed E-state index contributed by atoms with van der Waals surface area (Å²) >= 11 is 5.99. The van der Waals surface area contributed by atoms with Crippen molar-refractivity contribution in [2.75, 3.05) is 6.54 Å². The van der Waals surface area contributed by atoms with Crippen LogP contribution < -0.4 is 10.6 Å². The first-order valence-corrected chi connectivity index (χ1v) is 8.76. The zero-order valence-corrected chi connectivity index (χ0v) is 15.2. The van der Waals surface area contributed by atoms with Gasteiger partial charge < -0.3 is 10.4 Å². The fraction of sp³-hybridized carbons (Fsp3) is 0.190. The molecule has 26 heavy (non-hydrogen) atoms. The Hall–Kier alpha value is -2.74. The van der Waals surface area contributed by atoms with Gasteiger partial charge in [-0.05, 0) is 55.1 Å². The number of phenolic OH excluding ortho intramolecular Hbond substituents is 1. The molecular weight excluding hydrogens is 346 g/mol. The van der Waals surface area contributed by atoms with E-state index in [1.807, 2.05) is 43.5 Å². The summed E-state index contributed by atoms with van der Waals surface area (Å²) < 4.78 is 0. The van der Waals surface area contributed by atoms with E-state index < -0.39 is 0 Å². The van der Waals surface area contributed by atoms with Gasteiger partial charge in [-0.3, -0.25) is 10.3 Å². The molecule has 0 aliphatic carbocycles. The summed E-state index contributed by atoms with van der Waals surface area (Å²) in [4.78, 5) is 4.37. The summed E-state index contributed by atoms with van der Waals surface area (Å²) in [6, 6.07) is 13.0. The Morgan fingerprint density at radius 3 is 2.81 bits per heavy atom. The van der Waals surface area contributed by atoms with Crippen LogP contribution in [-0.4, -0.2) is 17.9 Å². The second-order valence-corrected chi connectivity index (χ2v) is 6.39. The maximum atomic E-state index is 9.92. The molecule has 0 spiro atoms. The first kappa shape index (κ1) is 18.1. The van der Waals surface area contributed by atoms with Crippen LogP contribution in [0, 0.1) is 11.8 Å². The Balaban J connectivity index is 1.55. The zero-order chi connectivity index (χ0) is 18.4. The normalized spacial score (nSPS) is 16.5. The van der Waals surface area contributed by atoms with Gasteiger partial charge in [0.1, 0.15) is 11.9 Å². The minimum atomic E-state index is -0.0475. The molecule has 2 aromatic carbocycles. The van der Waals surface area contributed by atoms with Crippen molar-refractivity contribution in [1.29, 1.82) is 0 Å². The number of hydrogen-bond acceptors (Lipinski definition) is 4. The number of phenols is 1. The van der Waals surface area contributed by atoms with Crippen LogP contribution in [0.5, 0.6) is 5.75 Å². The first-order valence-electron chi connectivity index (χ1n) is 8.38. The van der Waals surface area contributed by atoms with Crippen LogP contribution in [0.4, 0.5) is 0 Å². The third-order valence-electron chi connectivity index (χ3n) is 4.08. The van der Waals surface area contributed by atoms with Gasteiger partial charge >= 0.3 is 0 Å². The summed E-state index contributed by atoms with van der Waals surface area (Å²) in [5.74, 6) is 6.47.